The molecule has 1 fully saturated rings. The van der Waals surface area contributed by atoms with Crippen LogP contribution in [-0.4, -0.2) is 37.0 Å². The molecule has 4 nitrogen and oxygen atoms in total. The standard InChI is InChI=1S/C14H20ClN3O/c15-11-4-5-13(12(10-11)14(16)17)19-9-8-18-6-2-1-3-7-18/h4-5,10H,1-3,6-9H2,(H3,16,17). The molecule has 0 amide bonds. The molecular weight excluding hydrogens is 262 g/mol. The van der Waals surface area contributed by atoms with Crippen molar-refractivity contribution in [3.8, 4) is 5.75 Å². The first-order valence-electron chi connectivity index (χ1n) is 6.66. The molecule has 1 aromatic rings. The second-order valence-corrected chi connectivity index (χ2v) is 5.24. The second kappa shape index (κ2) is 6.78. The highest BCUT2D eigenvalue weighted by atomic mass is 35.5. The first-order chi connectivity index (χ1) is 9.16. The van der Waals surface area contributed by atoms with Crippen LogP contribution in [0.5, 0.6) is 5.75 Å². The number of piperidine rings is 1. The van der Waals surface area contributed by atoms with Gasteiger partial charge in [0.2, 0.25) is 0 Å². The summed E-state index contributed by atoms with van der Waals surface area (Å²) in [6.07, 6.45) is 3.89. The molecule has 1 aromatic carbocycles. The fourth-order valence-electron chi connectivity index (χ4n) is 2.31. The number of benzene rings is 1. The largest absolute Gasteiger partial charge is 0.491 e. The zero-order valence-electron chi connectivity index (χ0n) is 11.0. The lowest BCUT2D eigenvalue weighted by Gasteiger charge is -2.26. The molecule has 5 heteroatoms. The number of nitrogens with two attached hydrogens (primary N) is 1. The van der Waals surface area contributed by atoms with Gasteiger partial charge in [0.1, 0.15) is 18.2 Å². The minimum Gasteiger partial charge on any atom is -0.491 e. The third-order valence-corrected chi connectivity index (χ3v) is 3.58. The minimum atomic E-state index is -0.0181. The van der Waals surface area contributed by atoms with Crippen LogP contribution in [0.3, 0.4) is 0 Å². The van der Waals surface area contributed by atoms with E-state index in [0.29, 0.717) is 22.9 Å². The van der Waals surface area contributed by atoms with Gasteiger partial charge in [-0.25, -0.2) is 0 Å². The maximum Gasteiger partial charge on any atom is 0.130 e. The number of ether oxygens (including phenoxy) is 1. The van der Waals surface area contributed by atoms with Gasteiger partial charge >= 0.3 is 0 Å². The number of rotatable bonds is 5. The van der Waals surface area contributed by atoms with Crippen molar-refractivity contribution in [2.45, 2.75) is 19.3 Å². The van der Waals surface area contributed by atoms with E-state index in [-0.39, 0.29) is 5.84 Å². The zero-order valence-corrected chi connectivity index (χ0v) is 11.7. The van der Waals surface area contributed by atoms with E-state index in [1.54, 1.807) is 18.2 Å². The van der Waals surface area contributed by atoms with Crippen LogP contribution in [0.1, 0.15) is 24.8 Å². The van der Waals surface area contributed by atoms with Crippen molar-refractivity contribution in [1.82, 2.24) is 4.90 Å². The Hall–Kier alpha value is -1.26. The Morgan fingerprint density at radius 1 is 1.32 bits per heavy atom. The highest BCUT2D eigenvalue weighted by Gasteiger charge is 2.11. The number of hydrogen-bond acceptors (Lipinski definition) is 3. The Bertz CT molecular complexity index is 444. The molecule has 0 aliphatic carbocycles. The Morgan fingerprint density at radius 3 is 2.74 bits per heavy atom. The van der Waals surface area contributed by atoms with Crippen LogP contribution in [-0.2, 0) is 0 Å². The summed E-state index contributed by atoms with van der Waals surface area (Å²) in [7, 11) is 0. The molecule has 104 valence electrons. The van der Waals surface area contributed by atoms with Gasteiger partial charge in [-0.15, -0.1) is 0 Å². The molecular formula is C14H20ClN3O. The molecule has 0 radical (unpaired) electrons. The molecule has 1 aliphatic rings. The minimum absolute atomic E-state index is 0.0181. The van der Waals surface area contributed by atoms with E-state index in [1.165, 1.54) is 19.3 Å². The Morgan fingerprint density at radius 2 is 2.05 bits per heavy atom. The van der Waals surface area contributed by atoms with Gasteiger partial charge in [0, 0.05) is 11.6 Å². The summed E-state index contributed by atoms with van der Waals surface area (Å²) >= 11 is 5.90. The van der Waals surface area contributed by atoms with E-state index in [4.69, 9.17) is 27.5 Å². The van der Waals surface area contributed by atoms with Crippen molar-refractivity contribution in [3.63, 3.8) is 0 Å². The van der Waals surface area contributed by atoms with Gasteiger partial charge in [-0.05, 0) is 44.1 Å². The summed E-state index contributed by atoms with van der Waals surface area (Å²) in [6, 6.07) is 5.19. The van der Waals surface area contributed by atoms with Crippen molar-refractivity contribution in [2.24, 2.45) is 5.73 Å². The summed E-state index contributed by atoms with van der Waals surface area (Å²) in [5, 5.41) is 8.10. The zero-order chi connectivity index (χ0) is 13.7. The smallest absolute Gasteiger partial charge is 0.130 e. The maximum absolute atomic E-state index is 7.53. The molecule has 0 saturated carbocycles. The molecule has 19 heavy (non-hydrogen) atoms. The maximum atomic E-state index is 7.53. The average Bonchev–Trinajstić information content (AvgIpc) is 2.41. The van der Waals surface area contributed by atoms with E-state index in [2.05, 4.69) is 4.90 Å². The van der Waals surface area contributed by atoms with E-state index in [9.17, 15) is 0 Å². The molecule has 1 heterocycles. The summed E-state index contributed by atoms with van der Waals surface area (Å²) in [5.41, 5.74) is 6.09. The summed E-state index contributed by atoms with van der Waals surface area (Å²) < 4.78 is 5.74. The fourth-order valence-corrected chi connectivity index (χ4v) is 2.48. The van der Waals surface area contributed by atoms with Crippen LogP contribution in [0.2, 0.25) is 5.02 Å². The predicted molar refractivity (Wildman–Crippen MR) is 78.3 cm³/mol. The SMILES string of the molecule is N=C(N)c1cc(Cl)ccc1OCCN1CCCCC1. The van der Waals surface area contributed by atoms with Crippen LogP contribution >= 0.6 is 11.6 Å². The Labute approximate surface area is 119 Å². The third kappa shape index (κ3) is 4.11. The molecule has 0 bridgehead atoms. The highest BCUT2D eigenvalue weighted by Crippen LogP contribution is 2.22. The molecule has 0 unspecified atom stereocenters. The van der Waals surface area contributed by atoms with Crippen LogP contribution in [0.15, 0.2) is 18.2 Å². The van der Waals surface area contributed by atoms with Gasteiger partial charge < -0.3 is 10.5 Å². The first kappa shape index (κ1) is 14.2. The van der Waals surface area contributed by atoms with Gasteiger partial charge in [0.25, 0.3) is 0 Å². The second-order valence-electron chi connectivity index (χ2n) is 4.80. The number of halogens is 1. The normalized spacial score (nSPS) is 16.3. The first-order valence-corrected chi connectivity index (χ1v) is 7.04. The highest BCUT2D eigenvalue weighted by molar-refractivity contribution is 6.31. The lowest BCUT2D eigenvalue weighted by Crippen LogP contribution is -2.33. The fraction of sp³-hybridized carbons (Fsp3) is 0.500. The molecule has 2 rings (SSSR count). The van der Waals surface area contributed by atoms with E-state index in [0.717, 1.165) is 19.6 Å². The van der Waals surface area contributed by atoms with Gasteiger partial charge in [-0.3, -0.25) is 10.3 Å². The third-order valence-electron chi connectivity index (χ3n) is 3.35. The number of nitrogens with one attached hydrogen (secondary N) is 1. The predicted octanol–water partition coefficient (Wildman–Crippen LogP) is 2.49. The van der Waals surface area contributed by atoms with Crippen LogP contribution < -0.4 is 10.5 Å². The number of hydrogen-bond donors (Lipinski definition) is 2. The topological polar surface area (TPSA) is 62.3 Å². The van der Waals surface area contributed by atoms with Crippen molar-refractivity contribution < 1.29 is 4.74 Å². The van der Waals surface area contributed by atoms with Crippen LogP contribution in [0.25, 0.3) is 0 Å². The molecule has 0 spiro atoms. The lowest BCUT2D eigenvalue weighted by molar-refractivity contribution is 0.183. The summed E-state index contributed by atoms with van der Waals surface area (Å²) in [6.45, 7) is 3.84. The number of likely N-dealkylation sites (tertiary alicyclic amines) is 1. The number of nitrogen functional groups attached to an aromatic ring is 1. The quantitative estimate of drug-likeness (QED) is 0.644. The average molecular weight is 282 g/mol. The van der Waals surface area contributed by atoms with Gasteiger partial charge in [-0.2, -0.15) is 0 Å². The molecule has 0 aromatic heterocycles. The van der Waals surface area contributed by atoms with Crippen LogP contribution in [0.4, 0.5) is 0 Å². The monoisotopic (exact) mass is 281 g/mol. The van der Waals surface area contributed by atoms with Crippen molar-refractivity contribution >= 4 is 17.4 Å². The van der Waals surface area contributed by atoms with Gasteiger partial charge in [0.05, 0.1) is 5.56 Å². The van der Waals surface area contributed by atoms with Gasteiger partial charge in [-0.1, -0.05) is 18.0 Å². The number of amidine groups is 1. The molecule has 1 saturated heterocycles. The van der Waals surface area contributed by atoms with Crippen LogP contribution in [0, 0.1) is 5.41 Å². The lowest BCUT2D eigenvalue weighted by atomic mass is 10.1. The number of nitrogens with zero attached hydrogens (tertiary/aromatic N) is 1. The van der Waals surface area contributed by atoms with Crippen molar-refractivity contribution in [2.75, 3.05) is 26.2 Å². The van der Waals surface area contributed by atoms with E-state index < -0.39 is 0 Å². The van der Waals surface area contributed by atoms with Crippen molar-refractivity contribution in [1.29, 1.82) is 5.41 Å². The van der Waals surface area contributed by atoms with E-state index >= 15 is 0 Å². The van der Waals surface area contributed by atoms with E-state index in [1.807, 2.05) is 0 Å². The molecule has 1 aliphatic heterocycles. The van der Waals surface area contributed by atoms with Crippen molar-refractivity contribution in [3.05, 3.63) is 28.8 Å². The molecule has 0 atom stereocenters. The Kier molecular flexibility index (Phi) is 5.05. The van der Waals surface area contributed by atoms with Gasteiger partial charge in [0.15, 0.2) is 0 Å². The molecule has 3 N–H and O–H groups in total. The Balaban J connectivity index is 1.89. The summed E-state index contributed by atoms with van der Waals surface area (Å²) in [5.74, 6) is 0.615. The summed E-state index contributed by atoms with van der Waals surface area (Å²) in [4.78, 5) is 2.41.